The molecule has 0 saturated carbocycles. The Labute approximate surface area is 113 Å². The number of nitrogens with two attached hydrogens (primary N) is 1. The van der Waals surface area contributed by atoms with Crippen LogP contribution in [0.15, 0.2) is 24.3 Å². The van der Waals surface area contributed by atoms with Crippen molar-refractivity contribution in [1.29, 1.82) is 0 Å². The van der Waals surface area contributed by atoms with E-state index < -0.39 is 0 Å². The lowest BCUT2D eigenvalue weighted by atomic mass is 9.99. The van der Waals surface area contributed by atoms with Gasteiger partial charge in [0.2, 0.25) is 0 Å². The predicted molar refractivity (Wildman–Crippen MR) is 73.4 cm³/mol. The van der Waals surface area contributed by atoms with Crippen LogP contribution in [0.1, 0.15) is 13.3 Å². The van der Waals surface area contributed by atoms with Gasteiger partial charge in [0.25, 0.3) is 5.91 Å². The fourth-order valence-corrected chi connectivity index (χ4v) is 2.24. The van der Waals surface area contributed by atoms with E-state index in [4.69, 9.17) is 15.2 Å². The third-order valence-electron chi connectivity index (χ3n) is 3.40. The number of amides is 1. The van der Waals surface area contributed by atoms with E-state index in [0.717, 1.165) is 17.9 Å². The summed E-state index contributed by atoms with van der Waals surface area (Å²) in [5, 5.41) is 0. The Morgan fingerprint density at radius 2 is 2.11 bits per heavy atom. The Morgan fingerprint density at radius 3 is 2.68 bits per heavy atom. The van der Waals surface area contributed by atoms with E-state index in [1.165, 1.54) is 0 Å². The third kappa shape index (κ3) is 3.05. The lowest BCUT2D eigenvalue weighted by Crippen LogP contribution is -2.54. The Hall–Kier alpha value is -1.59. The molecule has 1 saturated heterocycles. The van der Waals surface area contributed by atoms with Crippen molar-refractivity contribution < 1.29 is 14.3 Å². The van der Waals surface area contributed by atoms with E-state index in [2.05, 4.69) is 0 Å². The molecule has 1 unspecified atom stereocenters. The van der Waals surface area contributed by atoms with Crippen LogP contribution >= 0.6 is 0 Å². The van der Waals surface area contributed by atoms with Gasteiger partial charge in [0.05, 0.1) is 19.3 Å². The number of benzene rings is 1. The van der Waals surface area contributed by atoms with Crippen molar-refractivity contribution in [1.82, 2.24) is 0 Å². The molecule has 1 aliphatic rings. The first-order chi connectivity index (χ1) is 9.08. The first-order valence-electron chi connectivity index (χ1n) is 6.36. The summed E-state index contributed by atoms with van der Waals surface area (Å²) < 4.78 is 10.7. The van der Waals surface area contributed by atoms with Crippen molar-refractivity contribution in [2.75, 3.05) is 31.7 Å². The molecular formula is C14H20N2O3. The average molecular weight is 264 g/mol. The molecule has 0 bridgehead atoms. The summed E-state index contributed by atoms with van der Waals surface area (Å²) in [5.41, 5.74) is 6.09. The van der Waals surface area contributed by atoms with Gasteiger partial charge in [-0.25, -0.2) is 0 Å². The molecule has 1 amide bonds. The Morgan fingerprint density at radius 1 is 1.42 bits per heavy atom. The van der Waals surface area contributed by atoms with Crippen molar-refractivity contribution >= 4 is 11.6 Å². The van der Waals surface area contributed by atoms with Gasteiger partial charge in [0.15, 0.2) is 0 Å². The number of nitrogens with zero attached hydrogens (tertiary/aromatic N) is 1. The second-order valence-electron chi connectivity index (χ2n) is 4.96. The van der Waals surface area contributed by atoms with Gasteiger partial charge >= 0.3 is 0 Å². The predicted octanol–water partition coefficient (Wildman–Crippen LogP) is 1.17. The highest BCUT2D eigenvalue weighted by atomic mass is 16.5. The van der Waals surface area contributed by atoms with Crippen LogP contribution in [-0.2, 0) is 9.53 Å². The van der Waals surface area contributed by atoms with E-state index >= 15 is 0 Å². The molecule has 0 aliphatic carbocycles. The fraction of sp³-hybridized carbons (Fsp3) is 0.500. The van der Waals surface area contributed by atoms with E-state index in [0.29, 0.717) is 13.1 Å². The maximum atomic E-state index is 12.0. The number of anilines is 1. The van der Waals surface area contributed by atoms with E-state index in [1.54, 1.807) is 12.0 Å². The smallest absolute Gasteiger partial charge is 0.253 e. The number of carbonyl (C=O) groups excluding carboxylic acids is 1. The van der Waals surface area contributed by atoms with Crippen LogP contribution < -0.4 is 15.4 Å². The van der Waals surface area contributed by atoms with Crippen molar-refractivity contribution in [3.8, 4) is 5.75 Å². The van der Waals surface area contributed by atoms with Gasteiger partial charge in [-0.05, 0) is 44.2 Å². The molecule has 19 heavy (non-hydrogen) atoms. The largest absolute Gasteiger partial charge is 0.497 e. The number of hydrogen-bond acceptors (Lipinski definition) is 4. The maximum Gasteiger partial charge on any atom is 0.253 e. The standard InChI is InChI=1S/C14H20N2O3/c1-14(7-8-15)10-16(13(17)9-19-14)11-3-5-12(18-2)6-4-11/h3-6H,7-10,15H2,1-2H3. The summed E-state index contributed by atoms with van der Waals surface area (Å²) in [4.78, 5) is 13.7. The van der Waals surface area contributed by atoms with Crippen LogP contribution in [0.4, 0.5) is 5.69 Å². The highest BCUT2D eigenvalue weighted by molar-refractivity contribution is 5.95. The van der Waals surface area contributed by atoms with Crippen molar-refractivity contribution in [2.24, 2.45) is 5.73 Å². The summed E-state index contributed by atoms with van der Waals surface area (Å²) >= 11 is 0. The molecule has 1 atom stereocenters. The van der Waals surface area contributed by atoms with Gasteiger partial charge in [-0.1, -0.05) is 0 Å². The van der Waals surface area contributed by atoms with Gasteiger partial charge in [-0.15, -0.1) is 0 Å². The molecule has 1 heterocycles. The first kappa shape index (κ1) is 13.8. The van der Waals surface area contributed by atoms with Crippen LogP contribution in [0.5, 0.6) is 5.75 Å². The Balaban J connectivity index is 2.18. The lowest BCUT2D eigenvalue weighted by molar-refractivity contribution is -0.137. The van der Waals surface area contributed by atoms with Gasteiger partial charge < -0.3 is 20.1 Å². The molecule has 5 nitrogen and oxygen atoms in total. The zero-order chi connectivity index (χ0) is 13.9. The zero-order valence-corrected chi connectivity index (χ0v) is 11.4. The Kier molecular flexibility index (Phi) is 4.07. The van der Waals surface area contributed by atoms with Crippen molar-refractivity contribution in [3.63, 3.8) is 0 Å². The molecule has 0 radical (unpaired) electrons. The maximum absolute atomic E-state index is 12.0. The molecule has 1 fully saturated rings. The van der Waals surface area contributed by atoms with Gasteiger partial charge in [0.1, 0.15) is 12.4 Å². The number of methoxy groups -OCH3 is 1. The van der Waals surface area contributed by atoms with Crippen molar-refractivity contribution in [2.45, 2.75) is 18.9 Å². The number of hydrogen-bond donors (Lipinski definition) is 1. The topological polar surface area (TPSA) is 64.8 Å². The molecule has 0 spiro atoms. The molecule has 1 aromatic carbocycles. The first-order valence-corrected chi connectivity index (χ1v) is 6.36. The number of rotatable bonds is 4. The van der Waals surface area contributed by atoms with Crippen LogP contribution in [0.3, 0.4) is 0 Å². The minimum atomic E-state index is -0.372. The molecular weight excluding hydrogens is 244 g/mol. The molecule has 104 valence electrons. The summed E-state index contributed by atoms with van der Waals surface area (Å²) in [6.45, 7) is 3.15. The number of carbonyl (C=O) groups is 1. The van der Waals surface area contributed by atoms with Crippen molar-refractivity contribution in [3.05, 3.63) is 24.3 Å². The fourth-order valence-electron chi connectivity index (χ4n) is 2.24. The monoisotopic (exact) mass is 264 g/mol. The van der Waals surface area contributed by atoms with Gasteiger partial charge in [0, 0.05) is 5.69 Å². The minimum absolute atomic E-state index is 0.0281. The highest BCUT2D eigenvalue weighted by Crippen LogP contribution is 2.27. The molecule has 0 aromatic heterocycles. The SMILES string of the molecule is COc1ccc(N2CC(C)(CCN)OCC2=O)cc1. The van der Waals surface area contributed by atoms with Crippen LogP contribution in [0.2, 0.25) is 0 Å². The second kappa shape index (κ2) is 5.59. The quantitative estimate of drug-likeness (QED) is 0.886. The van der Waals surface area contributed by atoms with E-state index in [1.807, 2.05) is 31.2 Å². The van der Waals surface area contributed by atoms with Gasteiger partial charge in [-0.3, -0.25) is 4.79 Å². The minimum Gasteiger partial charge on any atom is -0.497 e. The number of ether oxygens (including phenoxy) is 2. The second-order valence-corrected chi connectivity index (χ2v) is 4.96. The van der Waals surface area contributed by atoms with E-state index in [9.17, 15) is 4.79 Å². The molecule has 1 aliphatic heterocycles. The van der Waals surface area contributed by atoms with Gasteiger partial charge in [-0.2, -0.15) is 0 Å². The molecule has 2 rings (SSSR count). The third-order valence-corrected chi connectivity index (χ3v) is 3.40. The average Bonchev–Trinajstić information content (AvgIpc) is 2.42. The normalized spacial score (nSPS) is 23.5. The van der Waals surface area contributed by atoms with E-state index in [-0.39, 0.29) is 18.1 Å². The molecule has 5 heteroatoms. The molecule has 2 N–H and O–H groups in total. The summed E-state index contributed by atoms with van der Waals surface area (Å²) in [5.74, 6) is 0.744. The Bertz CT molecular complexity index is 447. The molecule has 1 aromatic rings. The van der Waals surface area contributed by atoms with Crippen LogP contribution in [-0.4, -0.2) is 38.3 Å². The zero-order valence-electron chi connectivity index (χ0n) is 11.4. The van der Waals surface area contributed by atoms with Crippen LogP contribution in [0, 0.1) is 0 Å². The summed E-state index contributed by atoms with van der Waals surface area (Å²) in [6, 6.07) is 7.45. The highest BCUT2D eigenvalue weighted by Gasteiger charge is 2.35. The summed E-state index contributed by atoms with van der Waals surface area (Å²) in [6.07, 6.45) is 0.729. The van der Waals surface area contributed by atoms with Crippen LogP contribution in [0.25, 0.3) is 0 Å². The number of morpholine rings is 1. The lowest BCUT2D eigenvalue weighted by Gasteiger charge is -2.40. The summed E-state index contributed by atoms with van der Waals surface area (Å²) in [7, 11) is 1.62.